The van der Waals surface area contributed by atoms with E-state index in [4.69, 9.17) is 4.42 Å². The molecule has 0 saturated heterocycles. The second-order valence-electron chi connectivity index (χ2n) is 8.03. The number of hydrogen-bond acceptors (Lipinski definition) is 6. The van der Waals surface area contributed by atoms with Crippen LogP contribution in [0.5, 0.6) is 0 Å². The Morgan fingerprint density at radius 1 is 1.27 bits per heavy atom. The number of nitrogens with zero attached hydrogens (tertiary/aromatic N) is 3. The molecule has 0 aliphatic carbocycles. The van der Waals surface area contributed by atoms with Gasteiger partial charge in [-0.05, 0) is 50.1 Å². The van der Waals surface area contributed by atoms with Crippen LogP contribution in [0, 0.1) is 25.2 Å². The summed E-state index contributed by atoms with van der Waals surface area (Å²) in [5, 5.41) is 27.1. The molecule has 2 N–H and O–H groups in total. The molecule has 0 spiro atoms. The third-order valence-electron chi connectivity index (χ3n) is 5.50. The smallest absolute Gasteiger partial charge is 0.337 e. The predicted molar refractivity (Wildman–Crippen MR) is 124 cm³/mol. The topological polar surface area (TPSA) is 121 Å². The second-order valence-corrected chi connectivity index (χ2v) is 8.03. The first-order valence-electron chi connectivity index (χ1n) is 10.3. The summed E-state index contributed by atoms with van der Waals surface area (Å²) in [6.07, 6.45) is 1.78. The summed E-state index contributed by atoms with van der Waals surface area (Å²) in [4.78, 5) is 24.9. The highest BCUT2D eigenvalue weighted by atomic mass is 16.4. The molecule has 0 bridgehead atoms. The van der Waals surface area contributed by atoms with Gasteiger partial charge in [0.2, 0.25) is 5.43 Å². The van der Waals surface area contributed by atoms with Crippen LogP contribution in [0.3, 0.4) is 0 Å². The van der Waals surface area contributed by atoms with E-state index >= 15 is 0 Å². The van der Waals surface area contributed by atoms with Crippen LogP contribution in [0.1, 0.15) is 45.6 Å². The van der Waals surface area contributed by atoms with Gasteiger partial charge in [0.15, 0.2) is 5.76 Å². The fourth-order valence-corrected chi connectivity index (χ4v) is 4.00. The maximum atomic E-state index is 13.3. The number of aromatic carboxylic acids is 1. The van der Waals surface area contributed by atoms with Gasteiger partial charge >= 0.3 is 5.97 Å². The first-order chi connectivity index (χ1) is 15.7. The molecule has 166 valence electrons. The van der Waals surface area contributed by atoms with Crippen molar-refractivity contribution in [2.24, 2.45) is 7.05 Å². The molecule has 0 aliphatic heterocycles. The van der Waals surface area contributed by atoms with Crippen molar-refractivity contribution in [3.05, 3.63) is 80.6 Å². The molecule has 8 nitrogen and oxygen atoms in total. The molecule has 2 aromatic carbocycles. The standard InChI is InChI=1S/C25H22N4O4/c1-13-9-17(15(3)27-20-8-6-5-7-16(20)25(31)32)23-18(10-13)22(30)19(11-26)24(33-23)21-14(2)12-29(4)28-21/h5-10,12,15,27H,1-4H3,(H,31,32). The molecule has 0 saturated carbocycles. The van der Waals surface area contributed by atoms with Gasteiger partial charge in [0, 0.05) is 24.5 Å². The lowest BCUT2D eigenvalue weighted by Crippen LogP contribution is -2.14. The molecule has 8 heteroatoms. The van der Waals surface area contributed by atoms with Crippen molar-refractivity contribution in [1.29, 1.82) is 5.26 Å². The van der Waals surface area contributed by atoms with Crippen LogP contribution < -0.4 is 10.7 Å². The second kappa shape index (κ2) is 8.28. The third-order valence-corrected chi connectivity index (χ3v) is 5.50. The van der Waals surface area contributed by atoms with Crippen molar-refractivity contribution >= 4 is 22.6 Å². The molecule has 0 radical (unpaired) electrons. The number of aryl methyl sites for hydroxylation is 3. The average molecular weight is 442 g/mol. The lowest BCUT2D eigenvalue weighted by atomic mass is 9.99. The number of nitriles is 1. The Kier molecular flexibility index (Phi) is 5.48. The number of hydrogen-bond donors (Lipinski definition) is 2. The average Bonchev–Trinajstić information content (AvgIpc) is 3.11. The van der Waals surface area contributed by atoms with Crippen molar-refractivity contribution < 1.29 is 14.3 Å². The number of benzene rings is 2. The number of carboxylic acids is 1. The van der Waals surface area contributed by atoms with E-state index in [1.54, 1.807) is 42.2 Å². The van der Waals surface area contributed by atoms with Gasteiger partial charge in [0.1, 0.15) is 22.9 Å². The van der Waals surface area contributed by atoms with E-state index in [1.807, 2.05) is 32.9 Å². The Hall–Kier alpha value is -4.38. The van der Waals surface area contributed by atoms with Gasteiger partial charge in [-0.2, -0.15) is 10.4 Å². The predicted octanol–water partition coefficient (Wildman–Crippen LogP) is 4.55. The zero-order valence-electron chi connectivity index (χ0n) is 18.6. The molecule has 1 atom stereocenters. The SMILES string of the molecule is Cc1cc(C(C)Nc2ccccc2C(=O)O)c2oc(-c3nn(C)cc3C)c(C#N)c(=O)c2c1. The number of aromatic nitrogens is 2. The van der Waals surface area contributed by atoms with Gasteiger partial charge in [0.05, 0.1) is 17.0 Å². The van der Waals surface area contributed by atoms with Gasteiger partial charge in [-0.25, -0.2) is 4.79 Å². The van der Waals surface area contributed by atoms with Crippen molar-refractivity contribution in [2.45, 2.75) is 26.8 Å². The van der Waals surface area contributed by atoms with Gasteiger partial charge in [-0.15, -0.1) is 0 Å². The van der Waals surface area contributed by atoms with Crippen LogP contribution in [-0.2, 0) is 7.05 Å². The van der Waals surface area contributed by atoms with Crippen LogP contribution >= 0.6 is 0 Å². The number of nitrogens with one attached hydrogen (secondary N) is 1. The molecule has 0 amide bonds. The van der Waals surface area contributed by atoms with Gasteiger partial charge in [0.25, 0.3) is 0 Å². The molecule has 0 aliphatic rings. The highest BCUT2D eigenvalue weighted by molar-refractivity contribution is 5.94. The lowest BCUT2D eigenvalue weighted by Gasteiger charge is -2.19. The third kappa shape index (κ3) is 3.85. The summed E-state index contributed by atoms with van der Waals surface area (Å²) < 4.78 is 7.81. The van der Waals surface area contributed by atoms with Crippen LogP contribution in [0.2, 0.25) is 0 Å². The van der Waals surface area contributed by atoms with Crippen LogP contribution in [0.25, 0.3) is 22.4 Å². The van der Waals surface area contributed by atoms with Crippen LogP contribution in [0.4, 0.5) is 5.69 Å². The monoisotopic (exact) mass is 442 g/mol. The highest BCUT2D eigenvalue weighted by Crippen LogP contribution is 2.33. The molecule has 2 aromatic heterocycles. The maximum Gasteiger partial charge on any atom is 0.337 e. The van der Waals surface area contributed by atoms with Crippen molar-refractivity contribution in [1.82, 2.24) is 9.78 Å². The Morgan fingerprint density at radius 3 is 2.64 bits per heavy atom. The molecule has 4 rings (SSSR count). The minimum absolute atomic E-state index is 0.0994. The molecular weight excluding hydrogens is 420 g/mol. The number of rotatable bonds is 5. The Balaban J connectivity index is 1.95. The van der Waals surface area contributed by atoms with E-state index in [2.05, 4.69) is 10.4 Å². The van der Waals surface area contributed by atoms with Crippen molar-refractivity contribution in [3.8, 4) is 17.5 Å². The summed E-state index contributed by atoms with van der Waals surface area (Å²) >= 11 is 0. The van der Waals surface area contributed by atoms with E-state index < -0.39 is 17.4 Å². The summed E-state index contributed by atoms with van der Waals surface area (Å²) in [5.41, 5.74) is 3.07. The first-order valence-corrected chi connectivity index (χ1v) is 10.3. The Labute approximate surface area is 189 Å². The van der Waals surface area contributed by atoms with Gasteiger partial charge in [-0.3, -0.25) is 9.48 Å². The number of fused-ring (bicyclic) bond motifs is 1. The minimum atomic E-state index is -1.04. The first kappa shape index (κ1) is 21.8. The van der Waals surface area contributed by atoms with Crippen molar-refractivity contribution in [2.75, 3.05) is 5.32 Å². The number of carbonyl (C=O) groups is 1. The summed E-state index contributed by atoms with van der Waals surface area (Å²) in [6, 6.07) is 11.8. The molecular formula is C25H22N4O4. The zero-order chi connectivity index (χ0) is 23.9. The van der Waals surface area contributed by atoms with Crippen LogP contribution in [0.15, 0.2) is 51.8 Å². The van der Waals surface area contributed by atoms with E-state index in [1.165, 1.54) is 6.07 Å². The Morgan fingerprint density at radius 2 is 2.00 bits per heavy atom. The molecule has 4 aromatic rings. The van der Waals surface area contributed by atoms with E-state index in [0.717, 1.165) is 11.1 Å². The van der Waals surface area contributed by atoms with E-state index in [-0.39, 0.29) is 16.9 Å². The van der Waals surface area contributed by atoms with Gasteiger partial charge in [-0.1, -0.05) is 18.2 Å². The maximum absolute atomic E-state index is 13.3. The fraction of sp³-hybridized carbons (Fsp3) is 0.200. The molecule has 0 fully saturated rings. The summed E-state index contributed by atoms with van der Waals surface area (Å²) in [5.74, 6) is -0.922. The summed E-state index contributed by atoms with van der Waals surface area (Å²) in [7, 11) is 1.75. The number of para-hydroxylation sites is 1. The summed E-state index contributed by atoms with van der Waals surface area (Å²) in [6.45, 7) is 5.54. The number of anilines is 1. The van der Waals surface area contributed by atoms with Gasteiger partial charge < -0.3 is 14.8 Å². The van der Waals surface area contributed by atoms with Crippen LogP contribution in [-0.4, -0.2) is 20.9 Å². The fourth-order valence-electron chi connectivity index (χ4n) is 4.00. The quantitative estimate of drug-likeness (QED) is 0.465. The normalized spacial score (nSPS) is 11.8. The Bertz CT molecular complexity index is 1510. The minimum Gasteiger partial charge on any atom is -0.478 e. The number of carboxylic acid groups (broad SMARTS) is 1. The van der Waals surface area contributed by atoms with Crippen molar-refractivity contribution in [3.63, 3.8) is 0 Å². The molecule has 2 heterocycles. The van der Waals surface area contributed by atoms with E-state index in [9.17, 15) is 20.0 Å². The largest absolute Gasteiger partial charge is 0.478 e. The molecule has 1 unspecified atom stereocenters. The van der Waals surface area contributed by atoms with E-state index in [0.29, 0.717) is 27.9 Å². The highest BCUT2D eigenvalue weighted by Gasteiger charge is 2.23. The zero-order valence-corrected chi connectivity index (χ0v) is 18.6. The molecule has 33 heavy (non-hydrogen) atoms. The lowest BCUT2D eigenvalue weighted by molar-refractivity contribution is 0.0698.